The van der Waals surface area contributed by atoms with E-state index in [0.717, 1.165) is 29.0 Å². The fraction of sp³-hybridized carbons (Fsp3) is 0.333. The molecular formula is C21H23N7O. The number of nitriles is 1. The minimum atomic E-state index is -0.470. The third kappa shape index (κ3) is 3.84. The van der Waals surface area contributed by atoms with Gasteiger partial charge in [0, 0.05) is 29.9 Å². The van der Waals surface area contributed by atoms with E-state index >= 15 is 0 Å². The van der Waals surface area contributed by atoms with Crippen LogP contribution >= 0.6 is 0 Å². The van der Waals surface area contributed by atoms with Crippen LogP contribution in [0.3, 0.4) is 0 Å². The van der Waals surface area contributed by atoms with Crippen LogP contribution in [-0.4, -0.2) is 48.2 Å². The molecule has 3 N–H and O–H groups in total. The van der Waals surface area contributed by atoms with Gasteiger partial charge >= 0.3 is 0 Å². The summed E-state index contributed by atoms with van der Waals surface area (Å²) in [7, 11) is 3.88. The van der Waals surface area contributed by atoms with Crippen LogP contribution in [0.25, 0.3) is 15.7 Å². The molecule has 3 rings (SSSR count). The summed E-state index contributed by atoms with van der Waals surface area (Å²) in [6, 6.07) is 7.78. The summed E-state index contributed by atoms with van der Waals surface area (Å²) in [4.78, 5) is 18.3. The molecule has 1 aliphatic heterocycles. The van der Waals surface area contributed by atoms with Crippen molar-refractivity contribution < 1.29 is 4.79 Å². The van der Waals surface area contributed by atoms with Crippen molar-refractivity contribution in [1.29, 1.82) is 5.26 Å². The van der Waals surface area contributed by atoms with Crippen LogP contribution in [0, 0.1) is 17.9 Å². The molecule has 8 nitrogen and oxygen atoms in total. The minimum Gasteiger partial charge on any atom is -0.372 e. The molecule has 0 radical (unpaired) electrons. The molecule has 1 unspecified atom stereocenters. The Hall–Kier alpha value is -3.62. The molecule has 0 aliphatic carbocycles. The zero-order chi connectivity index (χ0) is 21.1. The number of allylic oxidation sites excluding steroid dienone is 3. The molecule has 1 aromatic heterocycles. The van der Waals surface area contributed by atoms with Gasteiger partial charge < -0.3 is 15.5 Å². The van der Waals surface area contributed by atoms with Gasteiger partial charge in [-0.15, -0.1) is 0 Å². The highest BCUT2D eigenvalue weighted by atomic mass is 16.1. The van der Waals surface area contributed by atoms with Gasteiger partial charge in [-0.1, -0.05) is 6.07 Å². The van der Waals surface area contributed by atoms with Gasteiger partial charge in [-0.05, 0) is 45.6 Å². The van der Waals surface area contributed by atoms with Crippen molar-refractivity contribution in [2.45, 2.75) is 19.8 Å². The van der Waals surface area contributed by atoms with Gasteiger partial charge in [0.2, 0.25) is 0 Å². The number of hydrogen-bond acceptors (Lipinski definition) is 5. The number of benzene rings is 1. The van der Waals surface area contributed by atoms with Gasteiger partial charge in [0.05, 0.1) is 29.6 Å². The van der Waals surface area contributed by atoms with Gasteiger partial charge in [0.25, 0.3) is 5.91 Å². The fourth-order valence-corrected chi connectivity index (χ4v) is 3.46. The van der Waals surface area contributed by atoms with Crippen LogP contribution in [0.1, 0.15) is 35.8 Å². The predicted molar refractivity (Wildman–Crippen MR) is 110 cm³/mol. The monoisotopic (exact) mass is 389 g/mol. The van der Waals surface area contributed by atoms with Crippen LogP contribution in [0.4, 0.5) is 0 Å². The number of fused-ring (bicyclic) bond motifs is 1. The number of hydrogen-bond donors (Lipinski definition) is 3. The number of carbonyl (C=O) groups excluding carboxylic acids is 1. The predicted octanol–water partition coefficient (Wildman–Crippen LogP) is 2.49. The van der Waals surface area contributed by atoms with Gasteiger partial charge in [0.15, 0.2) is 11.4 Å². The van der Waals surface area contributed by atoms with Crippen LogP contribution in [0.5, 0.6) is 0 Å². The van der Waals surface area contributed by atoms with E-state index in [2.05, 4.69) is 31.7 Å². The molecule has 0 spiro atoms. The average Bonchev–Trinajstić information content (AvgIpc) is 3.10. The van der Waals surface area contributed by atoms with Gasteiger partial charge in [-0.3, -0.25) is 9.89 Å². The first-order valence-corrected chi connectivity index (χ1v) is 9.24. The van der Waals surface area contributed by atoms with Crippen molar-refractivity contribution >= 4 is 16.8 Å². The molecule has 0 bridgehead atoms. The molecule has 148 valence electrons. The van der Waals surface area contributed by atoms with E-state index in [9.17, 15) is 10.1 Å². The molecule has 29 heavy (non-hydrogen) atoms. The number of H-pyrrole nitrogens is 1. The van der Waals surface area contributed by atoms with Crippen LogP contribution in [-0.2, 0) is 0 Å². The Labute approximate surface area is 169 Å². The van der Waals surface area contributed by atoms with Gasteiger partial charge in [0.1, 0.15) is 0 Å². The number of likely N-dealkylation sites (N-methyl/N-ethyl adjacent to an activating group) is 1. The van der Waals surface area contributed by atoms with Crippen molar-refractivity contribution in [3.05, 3.63) is 63.5 Å². The Bertz CT molecular complexity index is 1070. The number of rotatable bonds is 5. The summed E-state index contributed by atoms with van der Waals surface area (Å²) in [5.41, 5.74) is 4.26. The molecule has 0 saturated heterocycles. The van der Waals surface area contributed by atoms with Crippen molar-refractivity contribution in [2.75, 3.05) is 27.2 Å². The molecular weight excluding hydrogens is 366 g/mol. The summed E-state index contributed by atoms with van der Waals surface area (Å²) in [6.07, 6.45) is 0. The highest BCUT2D eigenvalue weighted by Gasteiger charge is 2.30. The van der Waals surface area contributed by atoms with E-state index in [1.807, 2.05) is 51.0 Å². The average molecular weight is 389 g/mol. The SMILES string of the molecule is [C-]#[N+]C1=C(C)NC(C)=C(C#N)C1c1ccc2[nH]nc(C(=O)NCCN(C)C)c2c1. The van der Waals surface area contributed by atoms with E-state index in [0.29, 0.717) is 28.9 Å². The lowest BCUT2D eigenvalue weighted by molar-refractivity contribution is 0.0947. The van der Waals surface area contributed by atoms with E-state index in [-0.39, 0.29) is 5.91 Å². The van der Waals surface area contributed by atoms with Crippen LogP contribution < -0.4 is 10.6 Å². The normalized spacial score (nSPS) is 16.6. The van der Waals surface area contributed by atoms with Gasteiger partial charge in [-0.2, -0.15) is 10.4 Å². The van der Waals surface area contributed by atoms with Crippen molar-refractivity contribution in [2.24, 2.45) is 0 Å². The van der Waals surface area contributed by atoms with Crippen molar-refractivity contribution in [3.63, 3.8) is 0 Å². The highest BCUT2D eigenvalue weighted by Crippen LogP contribution is 2.39. The number of nitrogens with one attached hydrogen (secondary N) is 3. The second-order valence-electron chi connectivity index (χ2n) is 7.27. The maximum atomic E-state index is 12.6. The quantitative estimate of drug-likeness (QED) is 0.682. The van der Waals surface area contributed by atoms with Gasteiger partial charge in [-0.25, -0.2) is 4.85 Å². The second kappa shape index (κ2) is 8.17. The largest absolute Gasteiger partial charge is 0.372 e. The summed E-state index contributed by atoms with van der Waals surface area (Å²) in [5.74, 6) is -0.729. The second-order valence-corrected chi connectivity index (χ2v) is 7.27. The summed E-state index contributed by atoms with van der Waals surface area (Å²) in [6.45, 7) is 12.5. The maximum absolute atomic E-state index is 12.6. The molecule has 1 aliphatic rings. The molecule has 1 atom stereocenters. The van der Waals surface area contributed by atoms with Crippen LogP contribution in [0.2, 0.25) is 0 Å². The Morgan fingerprint density at radius 2 is 2.14 bits per heavy atom. The summed E-state index contributed by atoms with van der Waals surface area (Å²) < 4.78 is 0. The summed E-state index contributed by atoms with van der Waals surface area (Å²) >= 11 is 0. The first kappa shape index (κ1) is 20.1. The molecule has 8 heteroatoms. The number of aromatic nitrogens is 2. The number of dihydropyridines is 1. The first-order chi connectivity index (χ1) is 13.9. The lowest BCUT2D eigenvalue weighted by atomic mass is 9.84. The Balaban J connectivity index is 2.03. The lowest BCUT2D eigenvalue weighted by Crippen LogP contribution is -2.31. The zero-order valence-electron chi connectivity index (χ0n) is 16.9. The van der Waals surface area contributed by atoms with E-state index in [4.69, 9.17) is 6.57 Å². The molecule has 1 aromatic carbocycles. The molecule has 2 heterocycles. The van der Waals surface area contributed by atoms with Crippen molar-refractivity contribution in [3.8, 4) is 6.07 Å². The molecule has 0 saturated carbocycles. The number of carbonyl (C=O) groups is 1. The number of nitrogens with zero attached hydrogens (tertiary/aromatic N) is 4. The zero-order valence-corrected chi connectivity index (χ0v) is 16.9. The topological polar surface area (TPSA) is 101 Å². The Kier molecular flexibility index (Phi) is 5.67. The highest BCUT2D eigenvalue weighted by molar-refractivity contribution is 6.04. The smallest absolute Gasteiger partial charge is 0.272 e. The van der Waals surface area contributed by atoms with E-state index in [1.165, 1.54) is 0 Å². The fourth-order valence-electron chi connectivity index (χ4n) is 3.46. The number of aromatic amines is 1. The van der Waals surface area contributed by atoms with E-state index in [1.54, 1.807) is 0 Å². The standard InChI is InChI=1S/C21H23N7O/c1-12-16(11-22)18(19(23-3)13(2)25-12)14-6-7-17-15(10-14)20(27-26-17)21(29)24-8-9-28(4)5/h6-7,10,18,25H,8-9H2,1-2,4-5H3,(H,24,29)(H,26,27). The third-order valence-corrected chi connectivity index (χ3v) is 4.95. The molecule has 0 fully saturated rings. The summed E-state index contributed by atoms with van der Waals surface area (Å²) in [5, 5.41) is 23.4. The van der Waals surface area contributed by atoms with Crippen LogP contribution in [0.15, 0.2) is 40.9 Å². The minimum absolute atomic E-state index is 0.259. The number of amides is 1. The molecule has 2 aromatic rings. The van der Waals surface area contributed by atoms with E-state index < -0.39 is 5.92 Å². The maximum Gasteiger partial charge on any atom is 0.272 e. The first-order valence-electron chi connectivity index (χ1n) is 9.24. The molecule has 1 amide bonds. The third-order valence-electron chi connectivity index (χ3n) is 4.95. The Morgan fingerprint density at radius 1 is 1.38 bits per heavy atom. The Morgan fingerprint density at radius 3 is 2.79 bits per heavy atom. The van der Waals surface area contributed by atoms with Crippen molar-refractivity contribution in [1.82, 2.24) is 25.7 Å². The lowest BCUT2D eigenvalue weighted by Gasteiger charge is -2.26.